The van der Waals surface area contributed by atoms with Gasteiger partial charge in [-0.15, -0.1) is 0 Å². The molecular formula is C34H44N2O2. The molecule has 4 nitrogen and oxygen atoms in total. The Morgan fingerprint density at radius 2 is 1.66 bits per heavy atom. The molecule has 1 saturated heterocycles. The van der Waals surface area contributed by atoms with E-state index in [-0.39, 0.29) is 34.6 Å². The lowest BCUT2D eigenvalue weighted by atomic mass is 9.47. The van der Waals surface area contributed by atoms with E-state index in [0.29, 0.717) is 30.2 Å². The molecule has 1 heterocycles. The summed E-state index contributed by atoms with van der Waals surface area (Å²) in [7, 11) is 0. The van der Waals surface area contributed by atoms with Crippen LogP contribution in [-0.4, -0.2) is 17.9 Å². The lowest BCUT2D eigenvalue weighted by molar-refractivity contribution is -0.142. The highest BCUT2D eigenvalue weighted by molar-refractivity contribution is 5.80. The molecule has 2 aromatic rings. The molecular weight excluding hydrogens is 468 g/mol. The van der Waals surface area contributed by atoms with Gasteiger partial charge in [0, 0.05) is 18.4 Å². The van der Waals surface area contributed by atoms with Crippen molar-refractivity contribution >= 4 is 11.8 Å². The average molecular weight is 513 g/mol. The third-order valence-corrected chi connectivity index (χ3v) is 11.5. The SMILES string of the molecule is Cc1ccc(C[C@H](NC(=O)[C@H]2CC[C@H]3[C@@H]4CC[C@H]5NC(=O)CC[C@]5(C)[C@H]4CC[C@]23C)c2ccccc2)cc1. The van der Waals surface area contributed by atoms with Crippen molar-refractivity contribution in [3.63, 3.8) is 0 Å². The van der Waals surface area contributed by atoms with Gasteiger partial charge in [0.15, 0.2) is 0 Å². The van der Waals surface area contributed by atoms with Crippen LogP contribution < -0.4 is 10.6 Å². The van der Waals surface area contributed by atoms with Crippen LogP contribution in [0.1, 0.15) is 87.9 Å². The van der Waals surface area contributed by atoms with Crippen molar-refractivity contribution in [3.05, 3.63) is 71.3 Å². The Kier molecular flexibility index (Phi) is 6.64. The van der Waals surface area contributed by atoms with Crippen LogP contribution in [0.3, 0.4) is 0 Å². The fourth-order valence-electron chi connectivity index (χ4n) is 9.30. The Balaban J connectivity index is 1.20. The Bertz CT molecular complexity index is 1180. The molecule has 38 heavy (non-hydrogen) atoms. The number of hydrogen-bond donors (Lipinski definition) is 2. The number of carbonyl (C=O) groups is 2. The smallest absolute Gasteiger partial charge is 0.224 e. The number of hydrogen-bond acceptors (Lipinski definition) is 2. The molecule has 1 aliphatic heterocycles. The third-order valence-electron chi connectivity index (χ3n) is 11.5. The number of benzene rings is 2. The molecule has 8 atom stereocenters. The largest absolute Gasteiger partial charge is 0.353 e. The minimum Gasteiger partial charge on any atom is -0.353 e. The quantitative estimate of drug-likeness (QED) is 0.478. The molecule has 6 rings (SSSR count). The van der Waals surface area contributed by atoms with E-state index in [2.05, 4.69) is 79.9 Å². The van der Waals surface area contributed by atoms with Gasteiger partial charge >= 0.3 is 0 Å². The van der Waals surface area contributed by atoms with Crippen LogP contribution in [0.25, 0.3) is 0 Å². The van der Waals surface area contributed by atoms with Gasteiger partial charge in [-0.25, -0.2) is 0 Å². The first-order valence-corrected chi connectivity index (χ1v) is 15.0. The van der Waals surface area contributed by atoms with Gasteiger partial charge in [-0.1, -0.05) is 74.0 Å². The second kappa shape index (κ2) is 9.84. The topological polar surface area (TPSA) is 58.2 Å². The maximum absolute atomic E-state index is 14.1. The van der Waals surface area contributed by atoms with E-state index >= 15 is 0 Å². The van der Waals surface area contributed by atoms with Crippen LogP contribution >= 0.6 is 0 Å². The molecule has 0 bridgehead atoms. The molecule has 0 unspecified atom stereocenters. The molecule has 3 aliphatic carbocycles. The van der Waals surface area contributed by atoms with Crippen molar-refractivity contribution in [2.75, 3.05) is 0 Å². The summed E-state index contributed by atoms with van der Waals surface area (Å²) in [5.74, 6) is 2.52. The highest BCUT2D eigenvalue weighted by Gasteiger charge is 2.61. The molecule has 4 aliphatic rings. The fraction of sp³-hybridized carbons (Fsp3) is 0.588. The minimum atomic E-state index is -0.0226. The zero-order valence-electron chi connectivity index (χ0n) is 23.3. The number of fused-ring (bicyclic) bond motifs is 5. The van der Waals surface area contributed by atoms with Crippen molar-refractivity contribution in [2.24, 2.45) is 34.5 Å². The average Bonchev–Trinajstić information content (AvgIpc) is 3.28. The highest BCUT2D eigenvalue weighted by Crippen LogP contribution is 2.65. The van der Waals surface area contributed by atoms with Crippen LogP contribution in [0.2, 0.25) is 0 Å². The summed E-state index contributed by atoms with van der Waals surface area (Å²) in [5.41, 5.74) is 3.97. The van der Waals surface area contributed by atoms with Gasteiger partial charge in [-0.05, 0) is 98.0 Å². The molecule has 2 aromatic carbocycles. The lowest BCUT2D eigenvalue weighted by Gasteiger charge is -2.60. The summed E-state index contributed by atoms with van der Waals surface area (Å²) >= 11 is 0. The van der Waals surface area contributed by atoms with E-state index in [1.54, 1.807) is 0 Å². The van der Waals surface area contributed by atoms with Gasteiger partial charge in [0.2, 0.25) is 11.8 Å². The minimum absolute atomic E-state index is 0.0226. The second-order valence-electron chi connectivity index (χ2n) is 13.4. The number of carbonyl (C=O) groups excluding carboxylic acids is 2. The van der Waals surface area contributed by atoms with Crippen molar-refractivity contribution < 1.29 is 9.59 Å². The zero-order chi connectivity index (χ0) is 26.5. The monoisotopic (exact) mass is 512 g/mol. The van der Waals surface area contributed by atoms with Gasteiger partial charge in [0.25, 0.3) is 0 Å². The standard InChI is InChI=1S/C34H44N2O2/c1-22-9-11-23(12-10-22)21-29(24-7-5-4-6-8-24)35-32(38)28-15-14-26-25-13-16-30-34(3,20-18-31(37)36-30)27(25)17-19-33(26,28)2/h4-12,25-30H,13-21H2,1-3H3,(H,35,38)(H,36,37)/t25-,26-,27-,28+,29-,30+,33-,34+/m0/s1. The number of nitrogens with one attached hydrogen (secondary N) is 2. The zero-order valence-corrected chi connectivity index (χ0v) is 23.3. The maximum Gasteiger partial charge on any atom is 0.224 e. The van der Waals surface area contributed by atoms with Crippen LogP contribution in [0.4, 0.5) is 0 Å². The summed E-state index contributed by atoms with van der Waals surface area (Å²) in [4.78, 5) is 26.2. The van der Waals surface area contributed by atoms with Crippen LogP contribution in [-0.2, 0) is 16.0 Å². The predicted molar refractivity (Wildman–Crippen MR) is 151 cm³/mol. The number of piperidine rings is 1. The van der Waals surface area contributed by atoms with Gasteiger partial charge in [-0.2, -0.15) is 0 Å². The molecule has 2 N–H and O–H groups in total. The summed E-state index contributed by atoms with van der Waals surface area (Å²) in [5, 5.41) is 6.88. The summed E-state index contributed by atoms with van der Waals surface area (Å²) in [6.45, 7) is 6.99. The first kappa shape index (κ1) is 25.6. The van der Waals surface area contributed by atoms with Gasteiger partial charge < -0.3 is 10.6 Å². The van der Waals surface area contributed by atoms with Crippen molar-refractivity contribution in [1.82, 2.24) is 10.6 Å². The predicted octanol–water partition coefficient (Wildman–Crippen LogP) is 6.53. The fourth-order valence-corrected chi connectivity index (χ4v) is 9.30. The summed E-state index contributed by atoms with van der Waals surface area (Å²) in [6.07, 6.45) is 9.27. The van der Waals surface area contributed by atoms with Crippen LogP contribution in [0, 0.1) is 41.4 Å². The van der Waals surface area contributed by atoms with E-state index in [9.17, 15) is 9.59 Å². The molecule has 0 spiro atoms. The van der Waals surface area contributed by atoms with Crippen molar-refractivity contribution in [1.29, 1.82) is 0 Å². The number of amides is 2. The number of aryl methyl sites for hydroxylation is 1. The van der Waals surface area contributed by atoms with E-state index < -0.39 is 0 Å². The first-order chi connectivity index (χ1) is 18.3. The molecule has 0 aromatic heterocycles. The van der Waals surface area contributed by atoms with E-state index in [1.165, 1.54) is 29.5 Å². The van der Waals surface area contributed by atoms with Crippen molar-refractivity contribution in [2.45, 2.75) is 90.6 Å². The molecule has 4 heteroatoms. The van der Waals surface area contributed by atoms with Gasteiger partial charge in [-0.3, -0.25) is 9.59 Å². The van der Waals surface area contributed by atoms with Gasteiger partial charge in [0.05, 0.1) is 6.04 Å². The van der Waals surface area contributed by atoms with E-state index in [4.69, 9.17) is 0 Å². The van der Waals surface area contributed by atoms with E-state index in [0.717, 1.165) is 38.5 Å². The highest BCUT2D eigenvalue weighted by atomic mass is 16.2. The third kappa shape index (κ3) is 4.38. The maximum atomic E-state index is 14.1. The summed E-state index contributed by atoms with van der Waals surface area (Å²) in [6, 6.07) is 19.5. The molecule has 202 valence electrons. The molecule has 0 radical (unpaired) electrons. The van der Waals surface area contributed by atoms with Crippen molar-refractivity contribution in [3.8, 4) is 0 Å². The normalized spacial score (nSPS) is 36.8. The Morgan fingerprint density at radius 3 is 2.42 bits per heavy atom. The van der Waals surface area contributed by atoms with Gasteiger partial charge in [0.1, 0.15) is 0 Å². The summed E-state index contributed by atoms with van der Waals surface area (Å²) < 4.78 is 0. The molecule has 4 fully saturated rings. The Labute approximate surface area is 228 Å². The first-order valence-electron chi connectivity index (χ1n) is 15.0. The van der Waals surface area contributed by atoms with Crippen LogP contribution in [0.15, 0.2) is 54.6 Å². The van der Waals surface area contributed by atoms with Crippen LogP contribution in [0.5, 0.6) is 0 Å². The Morgan fingerprint density at radius 1 is 0.921 bits per heavy atom. The lowest BCUT2D eigenvalue weighted by Crippen LogP contribution is -2.61. The number of rotatable bonds is 5. The van der Waals surface area contributed by atoms with E-state index in [1.807, 2.05) is 6.07 Å². The molecule has 3 saturated carbocycles. The Hall–Kier alpha value is -2.62. The second-order valence-corrected chi connectivity index (χ2v) is 13.4. The molecule has 2 amide bonds.